The second kappa shape index (κ2) is 5.67. The van der Waals surface area contributed by atoms with Gasteiger partial charge in [0.05, 0.1) is 0 Å². The van der Waals surface area contributed by atoms with E-state index in [2.05, 4.69) is 4.90 Å². The highest BCUT2D eigenvalue weighted by Gasteiger charge is 2.22. The molecule has 2 rings (SSSR count). The molecule has 0 saturated carbocycles. The number of hydrogen-bond donors (Lipinski definition) is 2. The highest BCUT2D eigenvalue weighted by atomic mass is 19.1. The number of nitrogens with two attached hydrogens (primary N) is 1. The van der Waals surface area contributed by atoms with Gasteiger partial charge in [0.15, 0.2) is 0 Å². The number of rotatable bonds is 3. The first-order valence-electron chi connectivity index (χ1n) is 6.53. The van der Waals surface area contributed by atoms with Gasteiger partial charge in [0.25, 0.3) is 0 Å². The van der Waals surface area contributed by atoms with Crippen LogP contribution in [0.15, 0.2) is 18.2 Å². The summed E-state index contributed by atoms with van der Waals surface area (Å²) in [5.74, 6) is 0.153. The fourth-order valence-corrected chi connectivity index (χ4v) is 2.61. The largest absolute Gasteiger partial charge is 0.396 e. The molecule has 1 aromatic rings. The number of aliphatic hydroxyl groups excluding tert-OH is 1. The molecule has 0 amide bonds. The lowest BCUT2D eigenvalue weighted by Gasteiger charge is -2.34. The normalized spacial score (nSPS) is 19.0. The van der Waals surface area contributed by atoms with Crippen molar-refractivity contribution in [2.24, 2.45) is 11.7 Å². The van der Waals surface area contributed by atoms with E-state index in [-0.39, 0.29) is 18.5 Å². The van der Waals surface area contributed by atoms with Crippen molar-refractivity contribution in [3.05, 3.63) is 29.6 Å². The molecule has 18 heavy (non-hydrogen) atoms. The van der Waals surface area contributed by atoms with Crippen molar-refractivity contribution in [1.82, 2.24) is 0 Å². The van der Waals surface area contributed by atoms with Gasteiger partial charge >= 0.3 is 0 Å². The minimum Gasteiger partial charge on any atom is -0.396 e. The van der Waals surface area contributed by atoms with Crippen LogP contribution in [-0.2, 0) is 0 Å². The molecule has 3 N–H and O–H groups in total. The number of hydrogen-bond acceptors (Lipinski definition) is 3. The Hall–Kier alpha value is -1.13. The molecular weight excluding hydrogens is 231 g/mol. The number of anilines is 1. The Morgan fingerprint density at radius 2 is 2.11 bits per heavy atom. The van der Waals surface area contributed by atoms with Crippen LogP contribution in [0.1, 0.15) is 31.4 Å². The number of nitrogens with zero attached hydrogens (tertiary/aromatic N) is 1. The van der Waals surface area contributed by atoms with Crippen molar-refractivity contribution < 1.29 is 9.50 Å². The molecule has 100 valence electrons. The van der Waals surface area contributed by atoms with Crippen LogP contribution in [-0.4, -0.2) is 24.8 Å². The zero-order chi connectivity index (χ0) is 13.1. The van der Waals surface area contributed by atoms with Crippen molar-refractivity contribution in [3.63, 3.8) is 0 Å². The van der Waals surface area contributed by atoms with E-state index in [4.69, 9.17) is 10.8 Å². The third-order valence-electron chi connectivity index (χ3n) is 3.70. The first-order chi connectivity index (χ1) is 8.63. The average molecular weight is 252 g/mol. The predicted octanol–water partition coefficient (Wildman–Crippen LogP) is 2.05. The van der Waals surface area contributed by atoms with Gasteiger partial charge in [0.1, 0.15) is 5.82 Å². The van der Waals surface area contributed by atoms with E-state index >= 15 is 0 Å². The third kappa shape index (κ3) is 2.65. The minimum absolute atomic E-state index is 0.230. The summed E-state index contributed by atoms with van der Waals surface area (Å²) >= 11 is 0. The van der Waals surface area contributed by atoms with E-state index in [9.17, 15) is 4.39 Å². The molecule has 1 aliphatic rings. The second-order valence-electron chi connectivity index (χ2n) is 5.07. The van der Waals surface area contributed by atoms with Crippen molar-refractivity contribution in [2.45, 2.75) is 25.8 Å². The van der Waals surface area contributed by atoms with Crippen LogP contribution in [0.3, 0.4) is 0 Å². The third-order valence-corrected chi connectivity index (χ3v) is 3.70. The van der Waals surface area contributed by atoms with Crippen molar-refractivity contribution >= 4 is 5.69 Å². The summed E-state index contributed by atoms with van der Waals surface area (Å²) in [6.07, 6.45) is 1.90. The lowest BCUT2D eigenvalue weighted by molar-refractivity contribution is 0.203. The maximum Gasteiger partial charge on any atom is 0.130 e. The molecule has 1 fully saturated rings. The fourth-order valence-electron chi connectivity index (χ4n) is 2.61. The van der Waals surface area contributed by atoms with E-state index in [1.54, 1.807) is 6.07 Å². The Bertz CT molecular complexity index is 401. The number of benzene rings is 1. The van der Waals surface area contributed by atoms with Crippen LogP contribution in [0.4, 0.5) is 10.1 Å². The molecule has 1 saturated heterocycles. The number of piperidine rings is 1. The molecule has 1 heterocycles. The molecule has 0 aromatic heterocycles. The van der Waals surface area contributed by atoms with Gasteiger partial charge in [-0.1, -0.05) is 6.07 Å². The van der Waals surface area contributed by atoms with Crippen LogP contribution in [0.2, 0.25) is 0 Å². The Labute approximate surface area is 107 Å². The summed E-state index contributed by atoms with van der Waals surface area (Å²) in [5.41, 5.74) is 7.37. The molecular formula is C14H21FN2O. The van der Waals surface area contributed by atoms with Crippen molar-refractivity contribution in [3.8, 4) is 0 Å². The van der Waals surface area contributed by atoms with E-state index in [1.807, 2.05) is 13.0 Å². The molecule has 0 bridgehead atoms. The second-order valence-corrected chi connectivity index (χ2v) is 5.07. The van der Waals surface area contributed by atoms with Gasteiger partial charge in [-0.2, -0.15) is 0 Å². The van der Waals surface area contributed by atoms with E-state index < -0.39 is 0 Å². The summed E-state index contributed by atoms with van der Waals surface area (Å²) in [6.45, 7) is 3.77. The molecule has 1 atom stereocenters. The number of aliphatic hydroxyl groups is 1. The van der Waals surface area contributed by atoms with Crippen LogP contribution in [0.5, 0.6) is 0 Å². The first-order valence-corrected chi connectivity index (χ1v) is 6.53. The Morgan fingerprint density at radius 1 is 1.44 bits per heavy atom. The van der Waals surface area contributed by atoms with E-state index in [0.717, 1.165) is 31.6 Å². The Morgan fingerprint density at radius 3 is 2.67 bits per heavy atom. The van der Waals surface area contributed by atoms with Gasteiger partial charge in [-0.15, -0.1) is 0 Å². The topological polar surface area (TPSA) is 49.5 Å². The van der Waals surface area contributed by atoms with Crippen LogP contribution < -0.4 is 10.6 Å². The van der Waals surface area contributed by atoms with Gasteiger partial charge in [0.2, 0.25) is 0 Å². The van der Waals surface area contributed by atoms with Gasteiger partial charge in [-0.05, 0) is 37.8 Å². The molecule has 1 aliphatic heterocycles. The Kier molecular flexibility index (Phi) is 4.19. The average Bonchev–Trinajstić information content (AvgIpc) is 2.38. The monoisotopic (exact) mass is 252 g/mol. The van der Waals surface area contributed by atoms with Crippen LogP contribution in [0.25, 0.3) is 0 Å². The van der Waals surface area contributed by atoms with Gasteiger partial charge in [-0.3, -0.25) is 0 Å². The lowest BCUT2D eigenvalue weighted by atomic mass is 9.96. The van der Waals surface area contributed by atoms with Gasteiger partial charge in [0, 0.05) is 37.0 Å². The highest BCUT2D eigenvalue weighted by Crippen LogP contribution is 2.30. The summed E-state index contributed by atoms with van der Waals surface area (Å²) in [7, 11) is 0. The Balaban J connectivity index is 2.21. The molecule has 0 spiro atoms. The molecule has 3 nitrogen and oxygen atoms in total. The minimum atomic E-state index is -0.309. The first kappa shape index (κ1) is 13.3. The summed E-state index contributed by atoms with van der Waals surface area (Å²) in [5, 5.41) is 9.14. The maximum atomic E-state index is 13.9. The summed E-state index contributed by atoms with van der Waals surface area (Å²) < 4.78 is 13.9. The van der Waals surface area contributed by atoms with E-state index in [1.165, 1.54) is 6.07 Å². The SMILES string of the molecule is CC(N)c1c(F)cccc1N1CCC(CO)CC1. The zero-order valence-corrected chi connectivity index (χ0v) is 10.8. The van der Waals surface area contributed by atoms with Crippen molar-refractivity contribution in [1.29, 1.82) is 0 Å². The molecule has 1 unspecified atom stereocenters. The van der Waals surface area contributed by atoms with Crippen LogP contribution >= 0.6 is 0 Å². The quantitative estimate of drug-likeness (QED) is 0.865. The molecule has 4 heteroatoms. The number of halogens is 1. The van der Waals surface area contributed by atoms with Gasteiger partial charge < -0.3 is 15.7 Å². The van der Waals surface area contributed by atoms with Crippen molar-refractivity contribution in [2.75, 3.05) is 24.6 Å². The van der Waals surface area contributed by atoms with Gasteiger partial charge in [-0.25, -0.2) is 4.39 Å². The summed E-state index contributed by atoms with van der Waals surface area (Å²) in [4.78, 5) is 2.17. The zero-order valence-electron chi connectivity index (χ0n) is 10.8. The molecule has 0 radical (unpaired) electrons. The molecule has 0 aliphatic carbocycles. The predicted molar refractivity (Wildman–Crippen MR) is 71.0 cm³/mol. The highest BCUT2D eigenvalue weighted by molar-refractivity contribution is 5.55. The van der Waals surface area contributed by atoms with Crippen LogP contribution in [0, 0.1) is 11.7 Å². The standard InChI is InChI=1S/C14H21FN2O/c1-10(16)14-12(15)3-2-4-13(14)17-7-5-11(9-18)6-8-17/h2-4,10-11,18H,5-9,16H2,1H3. The lowest BCUT2D eigenvalue weighted by Crippen LogP contribution is -2.35. The maximum absolute atomic E-state index is 13.9. The summed E-state index contributed by atoms with van der Waals surface area (Å²) in [6, 6.07) is 4.81. The smallest absolute Gasteiger partial charge is 0.130 e. The molecule has 1 aromatic carbocycles. The fraction of sp³-hybridized carbons (Fsp3) is 0.571. The van der Waals surface area contributed by atoms with E-state index in [0.29, 0.717) is 11.5 Å².